The van der Waals surface area contributed by atoms with Gasteiger partial charge in [-0.2, -0.15) is 0 Å². The van der Waals surface area contributed by atoms with E-state index in [-0.39, 0.29) is 38.4 Å². The fraction of sp³-hybridized carbons (Fsp3) is 0.391. The van der Waals surface area contributed by atoms with Crippen LogP contribution in [-0.2, 0) is 63.8 Å². The van der Waals surface area contributed by atoms with Gasteiger partial charge in [0.05, 0.1) is 13.2 Å². The van der Waals surface area contributed by atoms with Crippen molar-refractivity contribution in [2.45, 2.75) is 76.7 Å². The predicted molar refractivity (Wildman–Crippen MR) is 215 cm³/mol. The van der Waals surface area contributed by atoms with E-state index in [9.17, 15) is 19.2 Å². The van der Waals surface area contributed by atoms with Crippen molar-refractivity contribution in [2.24, 2.45) is 0 Å². The maximum atomic E-state index is 13.5. The Labute approximate surface area is 339 Å². The van der Waals surface area contributed by atoms with Crippen molar-refractivity contribution in [1.82, 2.24) is 10.6 Å². The highest BCUT2D eigenvalue weighted by molar-refractivity contribution is 6.29. The van der Waals surface area contributed by atoms with E-state index in [0.29, 0.717) is 37.6 Å². The van der Waals surface area contributed by atoms with Gasteiger partial charge in [-0.05, 0) is 110 Å². The molecule has 0 bridgehead atoms. The minimum atomic E-state index is -1.07. The Morgan fingerprint density at radius 3 is 1.38 bits per heavy atom. The van der Waals surface area contributed by atoms with Crippen LogP contribution in [0.4, 0.5) is 0 Å². The number of carbonyl (C=O) groups excluding carboxylic acids is 4. The normalized spacial score (nSPS) is 16.7. The van der Waals surface area contributed by atoms with Crippen LogP contribution in [0.1, 0.15) is 72.3 Å². The number of hydrogen-bond donors (Lipinski definition) is 2. The number of hydrogen-bond acceptors (Lipinski definition) is 12. The minimum absolute atomic E-state index is 0.0775. The summed E-state index contributed by atoms with van der Waals surface area (Å²) < 4.78 is 33.0. The maximum absolute atomic E-state index is 13.5. The molecule has 12 nitrogen and oxygen atoms in total. The molecule has 58 heavy (non-hydrogen) atoms. The van der Waals surface area contributed by atoms with Gasteiger partial charge in [-0.3, -0.25) is 0 Å². The minimum Gasteiger partial charge on any atom is -0.482 e. The number of benzene rings is 4. The molecule has 12 heteroatoms. The Bertz CT molecular complexity index is 1850. The fourth-order valence-electron chi connectivity index (χ4n) is 7.38. The summed E-state index contributed by atoms with van der Waals surface area (Å²) in [5.41, 5.74) is 6.16. The summed E-state index contributed by atoms with van der Waals surface area (Å²) >= 11 is 0. The van der Waals surface area contributed by atoms with Gasteiger partial charge in [0.25, 0.3) is 0 Å². The maximum Gasteiger partial charge on any atom is 0.418 e. The van der Waals surface area contributed by atoms with Gasteiger partial charge in [0.1, 0.15) is 23.7 Å². The van der Waals surface area contributed by atoms with Crippen LogP contribution in [0.25, 0.3) is 0 Å². The predicted octanol–water partition coefficient (Wildman–Crippen LogP) is 5.73. The van der Waals surface area contributed by atoms with Gasteiger partial charge in [-0.25, -0.2) is 19.2 Å². The first-order chi connectivity index (χ1) is 28.3. The quantitative estimate of drug-likeness (QED) is 0.0721. The highest BCUT2D eigenvalue weighted by Gasteiger charge is 2.29. The van der Waals surface area contributed by atoms with Crippen molar-refractivity contribution >= 4 is 23.9 Å². The largest absolute Gasteiger partial charge is 0.482 e. The number of esters is 4. The average Bonchev–Trinajstić information content (AvgIpc) is 3.25. The standard InChI is InChI=1S/C46H52N2O10/c1-3-53-43(49)29-55-39-21-17-31-15-19-37(23-35(31)25-39)47-27-41(33-11-7-5-8-12-33)57-45(51)46(52)58-42(34-13-9-6-10-14-34)28-48-38-20-16-32-18-22-40(26-36(32)24-38)56-30-44(50)54-4-2/h5-14,17-18,21-22,25-26,37-38,41-42,47-48H,3-4,15-16,19-20,23-24,27-30H2,1-2H3. The number of fused-ring (bicyclic) bond motifs is 2. The number of nitrogens with one attached hydrogen (secondary N) is 2. The van der Waals surface area contributed by atoms with E-state index in [1.54, 1.807) is 13.8 Å². The van der Waals surface area contributed by atoms with Crippen molar-refractivity contribution in [3.63, 3.8) is 0 Å². The lowest BCUT2D eigenvalue weighted by atomic mass is 9.88. The van der Waals surface area contributed by atoms with E-state index in [4.69, 9.17) is 28.4 Å². The van der Waals surface area contributed by atoms with Crippen LogP contribution in [0.2, 0.25) is 0 Å². The van der Waals surface area contributed by atoms with Crippen LogP contribution in [0.5, 0.6) is 11.5 Å². The van der Waals surface area contributed by atoms with Crippen LogP contribution in [0.15, 0.2) is 97.1 Å². The highest BCUT2D eigenvalue weighted by atomic mass is 16.6. The highest BCUT2D eigenvalue weighted by Crippen LogP contribution is 2.29. The Morgan fingerprint density at radius 1 is 0.569 bits per heavy atom. The van der Waals surface area contributed by atoms with Crippen LogP contribution in [-0.4, -0.2) is 75.5 Å². The topological polar surface area (TPSA) is 148 Å². The molecule has 6 rings (SSSR count). The molecule has 0 amide bonds. The van der Waals surface area contributed by atoms with Gasteiger partial charge in [0.15, 0.2) is 13.2 Å². The Kier molecular flexibility index (Phi) is 15.3. The molecule has 4 unspecified atom stereocenters. The number of carbonyl (C=O) groups is 4. The first-order valence-corrected chi connectivity index (χ1v) is 20.1. The molecule has 2 aliphatic carbocycles. The number of aryl methyl sites for hydroxylation is 2. The number of ether oxygens (including phenoxy) is 6. The summed E-state index contributed by atoms with van der Waals surface area (Å²) in [6, 6.07) is 30.5. The van der Waals surface area contributed by atoms with Crippen molar-refractivity contribution in [2.75, 3.05) is 39.5 Å². The number of rotatable bonds is 18. The third-order valence-electron chi connectivity index (χ3n) is 10.3. The SMILES string of the molecule is CCOC(=O)COc1ccc2c(c1)CC(NCC(OC(=O)C(=O)OC(CNC1CCc3ccc(OCC(=O)OCC)cc3C1)c1ccccc1)c1ccccc1)CC2. The van der Waals surface area contributed by atoms with E-state index in [2.05, 4.69) is 10.6 Å². The molecule has 0 fully saturated rings. The van der Waals surface area contributed by atoms with Gasteiger partial charge >= 0.3 is 23.9 Å². The lowest BCUT2D eigenvalue weighted by Gasteiger charge is -2.29. The van der Waals surface area contributed by atoms with Crippen molar-refractivity contribution < 1.29 is 47.6 Å². The molecule has 4 aromatic rings. The lowest BCUT2D eigenvalue weighted by Crippen LogP contribution is -2.39. The average molecular weight is 793 g/mol. The lowest BCUT2D eigenvalue weighted by molar-refractivity contribution is -0.174. The fourth-order valence-corrected chi connectivity index (χ4v) is 7.38. The second-order valence-electron chi connectivity index (χ2n) is 14.4. The van der Waals surface area contributed by atoms with E-state index in [1.807, 2.05) is 97.1 Å². The van der Waals surface area contributed by atoms with E-state index < -0.39 is 36.1 Å². The van der Waals surface area contributed by atoms with Gasteiger partial charge in [0, 0.05) is 25.2 Å². The Hall–Kier alpha value is -5.72. The molecule has 0 radical (unpaired) electrons. The van der Waals surface area contributed by atoms with Gasteiger partial charge in [-0.15, -0.1) is 0 Å². The van der Waals surface area contributed by atoms with E-state index in [1.165, 1.54) is 11.1 Å². The molecule has 0 saturated carbocycles. The Morgan fingerprint density at radius 2 is 0.983 bits per heavy atom. The van der Waals surface area contributed by atoms with Gasteiger partial charge < -0.3 is 39.1 Å². The van der Waals surface area contributed by atoms with Crippen molar-refractivity contribution in [3.8, 4) is 11.5 Å². The molecule has 2 N–H and O–H groups in total. The summed E-state index contributed by atoms with van der Waals surface area (Å²) in [5, 5.41) is 7.12. The smallest absolute Gasteiger partial charge is 0.418 e. The molecular weight excluding hydrogens is 741 g/mol. The zero-order valence-corrected chi connectivity index (χ0v) is 33.1. The molecule has 4 aromatic carbocycles. The van der Waals surface area contributed by atoms with E-state index >= 15 is 0 Å². The van der Waals surface area contributed by atoms with Crippen molar-refractivity contribution in [1.29, 1.82) is 0 Å². The molecule has 0 aromatic heterocycles. The first kappa shape index (κ1) is 41.9. The van der Waals surface area contributed by atoms with E-state index in [0.717, 1.165) is 47.9 Å². The summed E-state index contributed by atoms with van der Waals surface area (Å²) in [6.07, 6.45) is 3.38. The summed E-state index contributed by atoms with van der Waals surface area (Å²) in [5.74, 6) is -1.78. The molecule has 0 heterocycles. The second kappa shape index (κ2) is 21.2. The summed E-state index contributed by atoms with van der Waals surface area (Å²) in [7, 11) is 0. The van der Waals surface area contributed by atoms with Crippen LogP contribution < -0.4 is 20.1 Å². The van der Waals surface area contributed by atoms with Gasteiger partial charge in [0.2, 0.25) is 0 Å². The first-order valence-electron chi connectivity index (χ1n) is 20.1. The zero-order chi connectivity index (χ0) is 40.7. The van der Waals surface area contributed by atoms with Crippen molar-refractivity contribution in [3.05, 3.63) is 130 Å². The zero-order valence-electron chi connectivity index (χ0n) is 33.1. The summed E-state index contributed by atoms with van der Waals surface area (Å²) in [4.78, 5) is 50.5. The summed E-state index contributed by atoms with van der Waals surface area (Å²) in [6.45, 7) is 4.35. The van der Waals surface area contributed by atoms with Gasteiger partial charge in [-0.1, -0.05) is 72.8 Å². The monoisotopic (exact) mass is 792 g/mol. The molecular formula is C46H52N2O10. The van der Waals surface area contributed by atoms with Crippen LogP contribution >= 0.6 is 0 Å². The third-order valence-corrected chi connectivity index (χ3v) is 10.3. The molecule has 306 valence electrons. The molecule has 0 saturated heterocycles. The molecule has 2 aliphatic rings. The molecule has 0 aliphatic heterocycles. The Balaban J connectivity index is 1.05. The van der Waals surface area contributed by atoms with Crippen LogP contribution in [0.3, 0.4) is 0 Å². The second-order valence-corrected chi connectivity index (χ2v) is 14.4. The third kappa shape index (κ3) is 12.1. The molecule has 4 atom stereocenters. The van der Waals surface area contributed by atoms with Crippen LogP contribution in [0, 0.1) is 0 Å². The molecule has 0 spiro atoms.